The first-order valence-electron chi connectivity index (χ1n) is 6.09. The van der Waals surface area contributed by atoms with Gasteiger partial charge in [-0.15, -0.1) is 0 Å². The summed E-state index contributed by atoms with van der Waals surface area (Å²) in [4.78, 5) is 11.1. The van der Waals surface area contributed by atoms with Gasteiger partial charge < -0.3 is 0 Å². The average molecular weight is 261 g/mol. The number of Topliss-reactive ketones (excluding diaryl/α,β-unsaturated/α-hetero) is 1. The van der Waals surface area contributed by atoms with Gasteiger partial charge in [0, 0.05) is 25.9 Å². The third-order valence-corrected chi connectivity index (χ3v) is 5.49. The summed E-state index contributed by atoms with van der Waals surface area (Å²) in [5, 5.41) is 0. The minimum absolute atomic E-state index is 0.0000463. The molecular weight excluding hydrogens is 238 g/mol. The van der Waals surface area contributed by atoms with Gasteiger partial charge in [0.2, 0.25) is 10.0 Å². The van der Waals surface area contributed by atoms with Crippen LogP contribution < -0.4 is 0 Å². The number of rotatable bonds is 3. The molecule has 0 bridgehead atoms. The Morgan fingerprint density at radius 2 is 1.71 bits per heavy atom. The van der Waals surface area contributed by atoms with Gasteiger partial charge in [0.05, 0.1) is 5.75 Å². The fraction of sp³-hybridized carbons (Fsp3) is 0.917. The summed E-state index contributed by atoms with van der Waals surface area (Å²) in [6, 6.07) is 0.0000463. The van der Waals surface area contributed by atoms with E-state index in [9.17, 15) is 13.2 Å². The van der Waals surface area contributed by atoms with Crippen molar-refractivity contribution < 1.29 is 13.2 Å². The van der Waals surface area contributed by atoms with E-state index in [4.69, 9.17) is 0 Å². The highest BCUT2D eigenvalue weighted by Gasteiger charge is 2.32. The van der Waals surface area contributed by atoms with Crippen LogP contribution in [0.25, 0.3) is 0 Å². The first-order valence-corrected chi connectivity index (χ1v) is 7.70. The van der Waals surface area contributed by atoms with Gasteiger partial charge in [-0.05, 0) is 18.3 Å². The standard InChI is InChI=1S/C12H23NO3S/c1-12(2,3)9-17(15,16)13(4)10-5-7-11(14)8-6-10/h10H,5-9H2,1-4H3. The predicted molar refractivity (Wildman–Crippen MR) is 68.3 cm³/mol. The van der Waals surface area contributed by atoms with E-state index in [1.165, 1.54) is 4.31 Å². The maximum absolute atomic E-state index is 12.2. The van der Waals surface area contributed by atoms with Crippen molar-refractivity contribution >= 4 is 15.8 Å². The SMILES string of the molecule is CN(C1CCC(=O)CC1)S(=O)(=O)CC(C)(C)C. The van der Waals surface area contributed by atoms with Crippen molar-refractivity contribution in [2.75, 3.05) is 12.8 Å². The van der Waals surface area contributed by atoms with Crippen LogP contribution in [0.1, 0.15) is 46.5 Å². The maximum Gasteiger partial charge on any atom is 0.214 e. The third kappa shape index (κ3) is 4.39. The number of carbonyl (C=O) groups is 1. The molecule has 0 heterocycles. The van der Waals surface area contributed by atoms with E-state index >= 15 is 0 Å². The second kappa shape index (κ2) is 5.06. The van der Waals surface area contributed by atoms with Crippen molar-refractivity contribution in [3.05, 3.63) is 0 Å². The fourth-order valence-corrected chi connectivity index (χ4v) is 4.13. The molecule has 17 heavy (non-hydrogen) atoms. The molecule has 5 heteroatoms. The number of ketones is 1. The largest absolute Gasteiger partial charge is 0.300 e. The Labute approximate surface area is 104 Å². The lowest BCUT2D eigenvalue weighted by atomic mass is 9.95. The minimum atomic E-state index is -3.21. The Kier molecular flexibility index (Phi) is 4.36. The Morgan fingerprint density at radius 1 is 1.24 bits per heavy atom. The molecule has 0 aliphatic heterocycles. The molecule has 0 saturated heterocycles. The smallest absolute Gasteiger partial charge is 0.214 e. The van der Waals surface area contributed by atoms with E-state index < -0.39 is 10.0 Å². The molecule has 1 aliphatic rings. The van der Waals surface area contributed by atoms with Gasteiger partial charge in [-0.3, -0.25) is 4.79 Å². The summed E-state index contributed by atoms with van der Waals surface area (Å²) in [5.74, 6) is 0.406. The molecule has 0 spiro atoms. The molecule has 1 rings (SSSR count). The number of hydrogen-bond acceptors (Lipinski definition) is 3. The minimum Gasteiger partial charge on any atom is -0.300 e. The van der Waals surface area contributed by atoms with Crippen LogP contribution in [-0.4, -0.2) is 37.3 Å². The van der Waals surface area contributed by atoms with Crippen LogP contribution in [0.3, 0.4) is 0 Å². The molecule has 0 unspecified atom stereocenters. The lowest BCUT2D eigenvalue weighted by Crippen LogP contribution is -2.42. The Bertz CT molecular complexity index is 371. The molecule has 0 aromatic rings. The maximum atomic E-state index is 12.2. The quantitative estimate of drug-likeness (QED) is 0.778. The van der Waals surface area contributed by atoms with Crippen molar-refractivity contribution in [2.24, 2.45) is 5.41 Å². The molecule has 0 aromatic carbocycles. The summed E-state index contributed by atoms with van der Waals surface area (Å²) in [5.41, 5.74) is -0.239. The molecule has 1 saturated carbocycles. The molecule has 1 fully saturated rings. The zero-order chi connectivity index (χ0) is 13.3. The van der Waals surface area contributed by atoms with Crippen molar-refractivity contribution in [3.63, 3.8) is 0 Å². The monoisotopic (exact) mass is 261 g/mol. The van der Waals surface area contributed by atoms with Gasteiger partial charge in [0.15, 0.2) is 0 Å². The Balaban J connectivity index is 2.69. The van der Waals surface area contributed by atoms with Crippen LogP contribution in [0.5, 0.6) is 0 Å². The summed E-state index contributed by atoms with van der Waals surface area (Å²) in [6.45, 7) is 5.76. The van der Waals surface area contributed by atoms with Crippen molar-refractivity contribution in [1.82, 2.24) is 4.31 Å². The predicted octanol–water partition coefficient (Wildman–Crippen LogP) is 1.81. The number of nitrogens with zero attached hydrogens (tertiary/aromatic N) is 1. The van der Waals surface area contributed by atoms with Gasteiger partial charge in [-0.2, -0.15) is 0 Å². The molecule has 0 aromatic heterocycles. The number of hydrogen-bond donors (Lipinski definition) is 0. The van der Waals surface area contributed by atoms with E-state index in [0.29, 0.717) is 25.7 Å². The molecular formula is C12H23NO3S. The molecule has 1 aliphatic carbocycles. The molecule has 4 nitrogen and oxygen atoms in total. The van der Waals surface area contributed by atoms with Crippen molar-refractivity contribution in [2.45, 2.75) is 52.5 Å². The molecule has 100 valence electrons. The lowest BCUT2D eigenvalue weighted by Gasteiger charge is -2.32. The van der Waals surface area contributed by atoms with Gasteiger partial charge in [0.25, 0.3) is 0 Å². The van der Waals surface area contributed by atoms with Gasteiger partial charge >= 0.3 is 0 Å². The second-order valence-corrected chi connectivity index (χ2v) is 8.13. The van der Waals surface area contributed by atoms with Gasteiger partial charge in [0.1, 0.15) is 5.78 Å². The zero-order valence-electron chi connectivity index (χ0n) is 11.2. The van der Waals surface area contributed by atoms with Crippen LogP contribution in [0.4, 0.5) is 0 Å². The first kappa shape index (κ1) is 14.6. The van der Waals surface area contributed by atoms with E-state index in [2.05, 4.69) is 0 Å². The Morgan fingerprint density at radius 3 is 2.12 bits per heavy atom. The average Bonchev–Trinajstić information content (AvgIpc) is 2.14. The van der Waals surface area contributed by atoms with Crippen molar-refractivity contribution in [1.29, 1.82) is 0 Å². The molecule has 0 radical (unpaired) electrons. The normalized spacial score (nSPS) is 19.9. The van der Waals surface area contributed by atoms with Gasteiger partial charge in [-0.1, -0.05) is 20.8 Å². The molecule has 0 N–H and O–H groups in total. The van der Waals surface area contributed by atoms with Crippen LogP contribution in [0.15, 0.2) is 0 Å². The van der Waals surface area contributed by atoms with Crippen LogP contribution in [0.2, 0.25) is 0 Å². The lowest BCUT2D eigenvalue weighted by molar-refractivity contribution is -0.120. The van der Waals surface area contributed by atoms with Gasteiger partial charge in [-0.25, -0.2) is 12.7 Å². The van der Waals surface area contributed by atoms with Crippen LogP contribution in [0, 0.1) is 5.41 Å². The van der Waals surface area contributed by atoms with E-state index in [1.807, 2.05) is 20.8 Å². The summed E-state index contributed by atoms with van der Waals surface area (Å²) < 4.78 is 25.8. The van der Waals surface area contributed by atoms with E-state index in [0.717, 1.165) is 0 Å². The second-order valence-electron chi connectivity index (χ2n) is 6.10. The highest BCUT2D eigenvalue weighted by Crippen LogP contribution is 2.25. The van der Waals surface area contributed by atoms with Crippen molar-refractivity contribution in [3.8, 4) is 0 Å². The Hall–Kier alpha value is -0.420. The highest BCUT2D eigenvalue weighted by molar-refractivity contribution is 7.89. The van der Waals surface area contributed by atoms with E-state index in [-0.39, 0.29) is 23.0 Å². The molecule has 0 amide bonds. The summed E-state index contributed by atoms with van der Waals surface area (Å²) in [7, 11) is -1.57. The highest BCUT2D eigenvalue weighted by atomic mass is 32.2. The van der Waals surface area contributed by atoms with Crippen LogP contribution in [-0.2, 0) is 14.8 Å². The summed E-state index contributed by atoms with van der Waals surface area (Å²) in [6.07, 6.45) is 2.36. The topological polar surface area (TPSA) is 54.5 Å². The zero-order valence-corrected chi connectivity index (χ0v) is 12.0. The van der Waals surface area contributed by atoms with Crippen LogP contribution >= 0.6 is 0 Å². The van der Waals surface area contributed by atoms with E-state index in [1.54, 1.807) is 7.05 Å². The first-order chi connectivity index (χ1) is 7.62. The number of carbonyl (C=O) groups excluding carboxylic acids is 1. The fourth-order valence-electron chi connectivity index (χ4n) is 2.16. The third-order valence-electron chi connectivity index (χ3n) is 3.08. The summed E-state index contributed by atoms with van der Waals surface area (Å²) >= 11 is 0. The number of sulfonamides is 1. The molecule has 0 atom stereocenters.